The van der Waals surface area contributed by atoms with Gasteiger partial charge in [0.25, 0.3) is 0 Å². The highest BCUT2D eigenvalue weighted by Gasteiger charge is 2.13. The quantitative estimate of drug-likeness (QED) is 0.791. The van der Waals surface area contributed by atoms with Crippen molar-refractivity contribution in [2.45, 2.75) is 18.9 Å². The van der Waals surface area contributed by atoms with Crippen LogP contribution in [0.15, 0.2) is 18.2 Å². The molecule has 1 aromatic rings. The summed E-state index contributed by atoms with van der Waals surface area (Å²) in [4.78, 5) is 10.6. The summed E-state index contributed by atoms with van der Waals surface area (Å²) in [6, 6.07) is 4.43. The largest absolute Gasteiger partial charge is 0.494 e. The zero-order valence-electron chi connectivity index (χ0n) is 9.87. The van der Waals surface area contributed by atoms with Gasteiger partial charge in [0.2, 0.25) is 0 Å². The molecule has 0 aromatic heterocycles. The van der Waals surface area contributed by atoms with Crippen molar-refractivity contribution in [2.75, 3.05) is 14.2 Å². The minimum absolute atomic E-state index is 0.00412. The number of likely N-dealkylation sites (N-methyl/N-ethyl adjacent to an activating group) is 1. The molecule has 2 N–H and O–H groups in total. The Bertz CT molecular complexity index is 395. The van der Waals surface area contributed by atoms with E-state index < -0.39 is 11.8 Å². The van der Waals surface area contributed by atoms with Crippen LogP contribution in [0, 0.1) is 5.82 Å². The second kappa shape index (κ2) is 6.20. The Kier molecular flexibility index (Phi) is 4.90. The Balaban J connectivity index is 2.73. The van der Waals surface area contributed by atoms with Crippen LogP contribution in [-0.4, -0.2) is 31.3 Å². The van der Waals surface area contributed by atoms with E-state index in [2.05, 4.69) is 5.32 Å². The number of rotatable bonds is 6. The van der Waals surface area contributed by atoms with E-state index in [1.807, 2.05) is 0 Å². The van der Waals surface area contributed by atoms with Gasteiger partial charge in [0, 0.05) is 6.04 Å². The van der Waals surface area contributed by atoms with Crippen molar-refractivity contribution < 1.29 is 19.0 Å². The summed E-state index contributed by atoms with van der Waals surface area (Å²) >= 11 is 0. The number of carboxylic acid groups (broad SMARTS) is 1. The molecule has 17 heavy (non-hydrogen) atoms. The smallest absolute Gasteiger partial charge is 0.304 e. The van der Waals surface area contributed by atoms with Gasteiger partial charge in [0.15, 0.2) is 11.6 Å². The minimum atomic E-state index is -0.877. The van der Waals surface area contributed by atoms with Gasteiger partial charge in [-0.25, -0.2) is 4.39 Å². The van der Waals surface area contributed by atoms with Gasteiger partial charge < -0.3 is 15.2 Å². The molecule has 0 saturated carbocycles. The third-order valence-corrected chi connectivity index (χ3v) is 2.53. The molecule has 0 radical (unpaired) electrons. The predicted molar refractivity (Wildman–Crippen MR) is 61.8 cm³/mol. The molecule has 94 valence electrons. The standard InChI is InChI=1S/C12H16FNO3/c1-14-9(7-12(15)16)5-8-3-4-11(17-2)10(13)6-8/h3-4,6,9,14H,5,7H2,1-2H3,(H,15,16). The van der Waals surface area contributed by atoms with Gasteiger partial charge in [0.1, 0.15) is 0 Å². The molecule has 5 heteroatoms. The number of hydrogen-bond donors (Lipinski definition) is 2. The molecule has 0 amide bonds. The Morgan fingerprint density at radius 2 is 2.29 bits per heavy atom. The fraction of sp³-hybridized carbons (Fsp3) is 0.417. The average Bonchev–Trinajstić information content (AvgIpc) is 2.27. The number of aliphatic carboxylic acids is 1. The lowest BCUT2D eigenvalue weighted by Gasteiger charge is -2.14. The molecule has 0 aliphatic rings. The van der Waals surface area contributed by atoms with Gasteiger partial charge >= 0.3 is 5.97 Å². The predicted octanol–water partition coefficient (Wildman–Crippen LogP) is 1.44. The lowest BCUT2D eigenvalue weighted by Crippen LogP contribution is -2.30. The van der Waals surface area contributed by atoms with Crippen LogP contribution in [-0.2, 0) is 11.2 Å². The number of halogens is 1. The Morgan fingerprint density at radius 3 is 2.76 bits per heavy atom. The summed E-state index contributed by atoms with van der Waals surface area (Å²) in [6.07, 6.45) is 0.466. The maximum atomic E-state index is 13.4. The van der Waals surface area contributed by atoms with Crippen molar-refractivity contribution in [2.24, 2.45) is 0 Å². The highest BCUT2D eigenvalue weighted by molar-refractivity contribution is 5.67. The zero-order chi connectivity index (χ0) is 12.8. The van der Waals surface area contributed by atoms with Crippen LogP contribution in [0.5, 0.6) is 5.75 Å². The lowest BCUT2D eigenvalue weighted by atomic mass is 10.0. The SMILES string of the molecule is CNC(CC(=O)O)Cc1ccc(OC)c(F)c1. The molecule has 1 unspecified atom stereocenters. The van der Waals surface area contributed by atoms with Gasteiger partial charge in [-0.15, -0.1) is 0 Å². The summed E-state index contributed by atoms with van der Waals surface area (Å²) in [5, 5.41) is 11.6. The van der Waals surface area contributed by atoms with Gasteiger partial charge in [-0.3, -0.25) is 4.79 Å². The first kappa shape index (κ1) is 13.4. The van der Waals surface area contributed by atoms with E-state index in [1.54, 1.807) is 13.1 Å². The molecule has 0 bridgehead atoms. The summed E-state index contributed by atoms with van der Waals surface area (Å²) in [5.41, 5.74) is 0.740. The van der Waals surface area contributed by atoms with Crippen LogP contribution >= 0.6 is 0 Å². The maximum absolute atomic E-state index is 13.4. The lowest BCUT2D eigenvalue weighted by molar-refractivity contribution is -0.137. The molecule has 0 spiro atoms. The number of carboxylic acids is 1. The van der Waals surface area contributed by atoms with Gasteiger partial charge in [-0.1, -0.05) is 6.07 Å². The van der Waals surface area contributed by atoms with Crippen molar-refractivity contribution in [1.29, 1.82) is 0 Å². The Labute approximate surface area is 99.4 Å². The maximum Gasteiger partial charge on any atom is 0.304 e. The molecule has 0 saturated heterocycles. The van der Waals surface area contributed by atoms with E-state index >= 15 is 0 Å². The molecule has 1 rings (SSSR count). The first-order valence-electron chi connectivity index (χ1n) is 5.28. The summed E-state index contributed by atoms with van der Waals surface area (Å²) in [6.45, 7) is 0. The van der Waals surface area contributed by atoms with E-state index in [0.29, 0.717) is 6.42 Å². The fourth-order valence-electron chi connectivity index (χ4n) is 1.61. The summed E-state index contributed by atoms with van der Waals surface area (Å²) in [7, 11) is 3.09. The fourth-order valence-corrected chi connectivity index (χ4v) is 1.61. The Morgan fingerprint density at radius 1 is 1.59 bits per heavy atom. The third-order valence-electron chi connectivity index (χ3n) is 2.53. The molecule has 1 atom stereocenters. The van der Waals surface area contributed by atoms with Crippen molar-refractivity contribution in [3.8, 4) is 5.75 Å². The highest BCUT2D eigenvalue weighted by Crippen LogP contribution is 2.18. The molecule has 0 aliphatic heterocycles. The van der Waals surface area contributed by atoms with Gasteiger partial charge in [-0.05, 0) is 31.2 Å². The molecule has 0 fully saturated rings. The molecular weight excluding hydrogens is 225 g/mol. The topological polar surface area (TPSA) is 58.6 Å². The number of carbonyl (C=O) groups is 1. The highest BCUT2D eigenvalue weighted by atomic mass is 19.1. The second-order valence-corrected chi connectivity index (χ2v) is 3.76. The van der Waals surface area contributed by atoms with E-state index in [9.17, 15) is 9.18 Å². The summed E-state index contributed by atoms with van der Waals surface area (Å²) in [5.74, 6) is -1.12. The monoisotopic (exact) mass is 241 g/mol. The first-order valence-corrected chi connectivity index (χ1v) is 5.28. The number of benzene rings is 1. The van der Waals surface area contributed by atoms with Crippen LogP contribution in [0.3, 0.4) is 0 Å². The summed E-state index contributed by atoms with van der Waals surface area (Å²) < 4.78 is 18.2. The average molecular weight is 241 g/mol. The van der Waals surface area contributed by atoms with Crippen LogP contribution in [0.4, 0.5) is 4.39 Å². The van der Waals surface area contributed by atoms with E-state index in [-0.39, 0.29) is 18.2 Å². The molecular formula is C12H16FNO3. The van der Waals surface area contributed by atoms with E-state index in [0.717, 1.165) is 5.56 Å². The van der Waals surface area contributed by atoms with Crippen molar-refractivity contribution >= 4 is 5.97 Å². The minimum Gasteiger partial charge on any atom is -0.494 e. The van der Waals surface area contributed by atoms with Crippen LogP contribution in [0.1, 0.15) is 12.0 Å². The van der Waals surface area contributed by atoms with Gasteiger partial charge in [0.05, 0.1) is 13.5 Å². The van der Waals surface area contributed by atoms with Crippen LogP contribution < -0.4 is 10.1 Å². The molecule has 1 aromatic carbocycles. The number of hydrogen-bond acceptors (Lipinski definition) is 3. The Hall–Kier alpha value is -1.62. The number of methoxy groups -OCH3 is 1. The second-order valence-electron chi connectivity index (χ2n) is 3.76. The van der Waals surface area contributed by atoms with Crippen molar-refractivity contribution in [1.82, 2.24) is 5.32 Å². The van der Waals surface area contributed by atoms with E-state index in [4.69, 9.17) is 9.84 Å². The van der Waals surface area contributed by atoms with Crippen LogP contribution in [0.25, 0.3) is 0 Å². The molecule has 4 nitrogen and oxygen atoms in total. The van der Waals surface area contributed by atoms with E-state index in [1.165, 1.54) is 19.2 Å². The number of nitrogens with one attached hydrogen (secondary N) is 1. The van der Waals surface area contributed by atoms with Crippen LogP contribution in [0.2, 0.25) is 0 Å². The molecule has 0 aliphatic carbocycles. The number of ether oxygens (including phenoxy) is 1. The normalized spacial score (nSPS) is 12.2. The first-order chi connectivity index (χ1) is 8.06. The van der Waals surface area contributed by atoms with Crippen molar-refractivity contribution in [3.63, 3.8) is 0 Å². The van der Waals surface area contributed by atoms with Gasteiger partial charge in [-0.2, -0.15) is 0 Å². The van der Waals surface area contributed by atoms with Crippen molar-refractivity contribution in [3.05, 3.63) is 29.6 Å². The third kappa shape index (κ3) is 4.03. The zero-order valence-corrected chi connectivity index (χ0v) is 9.87. The molecule has 0 heterocycles.